The molecule has 0 aliphatic heterocycles. The van der Waals surface area contributed by atoms with Crippen molar-refractivity contribution in [1.29, 1.82) is 0 Å². The smallest absolute Gasteiger partial charge is 0.213 e. The Balaban J connectivity index is 1.88. The highest BCUT2D eigenvalue weighted by Gasteiger charge is 2.28. The number of halogens is 1. The van der Waals surface area contributed by atoms with Crippen LogP contribution >= 0.6 is 0 Å². The Bertz CT molecular complexity index is 333. The maximum Gasteiger partial charge on any atom is 0.213 e. The second-order valence-electron chi connectivity index (χ2n) is 4.53. The molecule has 1 saturated carbocycles. The van der Waals surface area contributed by atoms with Crippen LogP contribution in [0.15, 0.2) is 18.3 Å². The topological polar surface area (TPSA) is 48.1 Å². The average molecular weight is 224 g/mol. The molecule has 1 aliphatic carbocycles. The van der Waals surface area contributed by atoms with Crippen molar-refractivity contribution in [1.82, 2.24) is 4.98 Å². The van der Waals surface area contributed by atoms with Gasteiger partial charge in [-0.3, -0.25) is 0 Å². The lowest BCUT2D eigenvalue weighted by Gasteiger charge is -2.32. The lowest BCUT2D eigenvalue weighted by Crippen LogP contribution is -2.47. The van der Waals surface area contributed by atoms with Gasteiger partial charge < -0.3 is 10.5 Å². The summed E-state index contributed by atoms with van der Waals surface area (Å²) in [6, 6.07) is 2.87. The van der Waals surface area contributed by atoms with Crippen LogP contribution in [0.5, 0.6) is 5.88 Å². The Kier molecular flexibility index (Phi) is 3.39. The normalized spacial score (nSPS) is 19.4. The molecule has 2 rings (SSSR count). The van der Waals surface area contributed by atoms with Crippen LogP contribution in [0, 0.1) is 5.82 Å². The first-order chi connectivity index (χ1) is 7.68. The molecule has 0 saturated heterocycles. The van der Waals surface area contributed by atoms with Gasteiger partial charge in [-0.15, -0.1) is 0 Å². The zero-order valence-corrected chi connectivity index (χ0v) is 9.29. The third-order valence-electron chi connectivity index (χ3n) is 3.06. The number of nitrogens with zero attached hydrogens (tertiary/aromatic N) is 1. The highest BCUT2D eigenvalue weighted by Crippen LogP contribution is 2.26. The summed E-state index contributed by atoms with van der Waals surface area (Å²) in [6.45, 7) is 0.464. The second kappa shape index (κ2) is 4.78. The van der Waals surface area contributed by atoms with Gasteiger partial charge in [0.05, 0.1) is 11.7 Å². The first kappa shape index (κ1) is 11.3. The van der Waals surface area contributed by atoms with Crippen molar-refractivity contribution >= 4 is 0 Å². The molecular formula is C12H17FN2O. The van der Waals surface area contributed by atoms with Gasteiger partial charge in [0.2, 0.25) is 5.88 Å². The number of nitrogens with two attached hydrogens (primary N) is 1. The van der Waals surface area contributed by atoms with E-state index in [2.05, 4.69) is 4.98 Å². The molecule has 0 aromatic carbocycles. The molecule has 1 heterocycles. The molecule has 1 aliphatic rings. The lowest BCUT2D eigenvalue weighted by molar-refractivity contribution is 0.169. The third-order valence-corrected chi connectivity index (χ3v) is 3.06. The fraction of sp³-hybridized carbons (Fsp3) is 0.583. The second-order valence-corrected chi connectivity index (χ2v) is 4.53. The maximum absolute atomic E-state index is 12.6. The summed E-state index contributed by atoms with van der Waals surface area (Å²) < 4.78 is 18.1. The van der Waals surface area contributed by atoms with Crippen LogP contribution in [0.25, 0.3) is 0 Å². The molecule has 0 radical (unpaired) electrons. The molecule has 0 unspecified atom stereocenters. The summed E-state index contributed by atoms with van der Waals surface area (Å²) in [5.41, 5.74) is 5.98. The van der Waals surface area contributed by atoms with Crippen molar-refractivity contribution in [2.75, 3.05) is 6.61 Å². The number of pyridine rings is 1. The van der Waals surface area contributed by atoms with E-state index in [1.54, 1.807) is 0 Å². The maximum atomic E-state index is 12.6. The van der Waals surface area contributed by atoms with Crippen molar-refractivity contribution in [2.45, 2.75) is 37.6 Å². The summed E-state index contributed by atoms with van der Waals surface area (Å²) in [7, 11) is 0. The van der Waals surface area contributed by atoms with Crippen LogP contribution in [0.1, 0.15) is 32.1 Å². The summed E-state index contributed by atoms with van der Waals surface area (Å²) in [5.74, 6) is 0.0873. The van der Waals surface area contributed by atoms with Crippen molar-refractivity contribution < 1.29 is 9.13 Å². The number of rotatable bonds is 3. The molecule has 4 heteroatoms. The van der Waals surface area contributed by atoms with E-state index >= 15 is 0 Å². The van der Waals surface area contributed by atoms with Gasteiger partial charge in [0.15, 0.2) is 0 Å². The first-order valence-corrected chi connectivity index (χ1v) is 5.71. The molecule has 3 nitrogen and oxygen atoms in total. The van der Waals surface area contributed by atoms with Crippen molar-refractivity contribution in [3.8, 4) is 5.88 Å². The molecule has 0 bridgehead atoms. The molecule has 1 aromatic heterocycles. The number of aromatic nitrogens is 1. The van der Waals surface area contributed by atoms with E-state index < -0.39 is 0 Å². The van der Waals surface area contributed by atoms with Crippen LogP contribution < -0.4 is 10.5 Å². The van der Waals surface area contributed by atoms with Crippen molar-refractivity contribution in [2.24, 2.45) is 5.73 Å². The fourth-order valence-corrected chi connectivity index (χ4v) is 2.07. The highest BCUT2D eigenvalue weighted by atomic mass is 19.1. The van der Waals surface area contributed by atoms with E-state index in [-0.39, 0.29) is 11.4 Å². The predicted molar refractivity (Wildman–Crippen MR) is 59.7 cm³/mol. The van der Waals surface area contributed by atoms with Crippen LogP contribution in [0.4, 0.5) is 4.39 Å². The molecule has 16 heavy (non-hydrogen) atoms. The van der Waals surface area contributed by atoms with Gasteiger partial charge in [-0.25, -0.2) is 9.37 Å². The Morgan fingerprint density at radius 2 is 2.06 bits per heavy atom. The fourth-order valence-electron chi connectivity index (χ4n) is 2.07. The van der Waals surface area contributed by atoms with Crippen LogP contribution in [0.3, 0.4) is 0 Å². The van der Waals surface area contributed by atoms with Crippen LogP contribution in [-0.2, 0) is 0 Å². The van der Waals surface area contributed by atoms with E-state index in [1.165, 1.54) is 18.6 Å². The van der Waals surface area contributed by atoms with Gasteiger partial charge in [0.25, 0.3) is 0 Å². The molecule has 88 valence electrons. The quantitative estimate of drug-likeness (QED) is 0.856. The number of hydrogen-bond donors (Lipinski definition) is 1. The van der Waals surface area contributed by atoms with Crippen LogP contribution in [-0.4, -0.2) is 17.1 Å². The minimum atomic E-state index is -0.354. The summed E-state index contributed by atoms with van der Waals surface area (Å²) >= 11 is 0. The monoisotopic (exact) mass is 224 g/mol. The molecule has 0 amide bonds. The predicted octanol–water partition coefficient (Wildman–Crippen LogP) is 2.26. The first-order valence-electron chi connectivity index (χ1n) is 5.71. The van der Waals surface area contributed by atoms with Gasteiger partial charge in [0.1, 0.15) is 12.4 Å². The van der Waals surface area contributed by atoms with Crippen molar-refractivity contribution in [3.63, 3.8) is 0 Å². The summed E-state index contributed by atoms with van der Waals surface area (Å²) in [4.78, 5) is 3.84. The third kappa shape index (κ3) is 2.92. The van der Waals surface area contributed by atoms with Gasteiger partial charge in [-0.05, 0) is 18.9 Å². The van der Waals surface area contributed by atoms with Gasteiger partial charge in [-0.2, -0.15) is 0 Å². The van der Waals surface area contributed by atoms with E-state index in [9.17, 15) is 4.39 Å². The molecule has 1 fully saturated rings. The van der Waals surface area contributed by atoms with E-state index in [0.29, 0.717) is 12.5 Å². The van der Waals surface area contributed by atoms with E-state index in [0.717, 1.165) is 31.9 Å². The number of hydrogen-bond acceptors (Lipinski definition) is 3. The molecule has 0 atom stereocenters. The van der Waals surface area contributed by atoms with Gasteiger partial charge in [-0.1, -0.05) is 19.3 Å². The Labute approximate surface area is 94.8 Å². The molecule has 2 N–H and O–H groups in total. The van der Waals surface area contributed by atoms with Crippen LogP contribution in [0.2, 0.25) is 0 Å². The van der Waals surface area contributed by atoms with E-state index in [1.807, 2.05) is 0 Å². The molecular weight excluding hydrogens is 207 g/mol. The Morgan fingerprint density at radius 1 is 1.31 bits per heavy atom. The summed E-state index contributed by atoms with van der Waals surface area (Å²) in [6.07, 6.45) is 6.73. The molecule has 1 aromatic rings. The molecule has 0 spiro atoms. The van der Waals surface area contributed by atoms with Gasteiger partial charge in [0, 0.05) is 6.07 Å². The minimum absolute atomic E-state index is 0.228. The zero-order chi connectivity index (χ0) is 11.4. The Hall–Kier alpha value is -1.16. The van der Waals surface area contributed by atoms with E-state index in [4.69, 9.17) is 10.5 Å². The Morgan fingerprint density at radius 3 is 2.69 bits per heavy atom. The lowest BCUT2D eigenvalue weighted by atomic mass is 9.83. The average Bonchev–Trinajstić information content (AvgIpc) is 2.29. The highest BCUT2D eigenvalue weighted by molar-refractivity contribution is 5.11. The number of ether oxygens (including phenoxy) is 1. The zero-order valence-electron chi connectivity index (χ0n) is 9.29. The SMILES string of the molecule is NC1(COc2ccc(F)cn2)CCCCC1. The standard InChI is InChI=1S/C12H17FN2O/c13-10-4-5-11(15-8-10)16-9-12(14)6-2-1-3-7-12/h4-5,8H,1-3,6-7,9,14H2. The van der Waals surface area contributed by atoms with Gasteiger partial charge >= 0.3 is 0 Å². The van der Waals surface area contributed by atoms with Crippen molar-refractivity contribution in [3.05, 3.63) is 24.1 Å². The summed E-state index contributed by atoms with van der Waals surface area (Å²) in [5, 5.41) is 0. The largest absolute Gasteiger partial charge is 0.476 e. The minimum Gasteiger partial charge on any atom is -0.476 e.